The fraction of sp³-hybridized carbons (Fsp3) is 0. The number of nitrogens with zero attached hydrogens (tertiary/aromatic N) is 2. The van der Waals surface area contributed by atoms with Gasteiger partial charge in [0.1, 0.15) is 0 Å². The number of aromatic nitrogens is 1. The van der Waals surface area contributed by atoms with Gasteiger partial charge in [0, 0.05) is 23.4 Å². The average Bonchev–Trinajstić information content (AvgIpc) is 2.83. The molecule has 1 aliphatic rings. The van der Waals surface area contributed by atoms with Crippen LogP contribution in [0, 0.1) is 16.7 Å². The quantitative estimate of drug-likeness (QED) is 0.659. The Kier molecular flexibility index (Phi) is 1.35. The Morgan fingerprint density at radius 2 is 2.33 bits per heavy atom. The van der Waals surface area contributed by atoms with Crippen molar-refractivity contribution in [1.29, 1.82) is 10.7 Å². The Labute approximate surface area is 85.4 Å². The molecule has 0 saturated carbocycles. The van der Waals surface area contributed by atoms with E-state index in [0.29, 0.717) is 5.56 Å². The van der Waals surface area contributed by atoms with Gasteiger partial charge >= 0.3 is 0 Å². The SMILES string of the molecule is N#Cc1cc2c(c3[nH]ccc13)C(=N)N=C2. The van der Waals surface area contributed by atoms with E-state index in [9.17, 15) is 0 Å². The van der Waals surface area contributed by atoms with Crippen LogP contribution in [-0.2, 0) is 0 Å². The predicted molar refractivity (Wildman–Crippen MR) is 57.4 cm³/mol. The molecule has 2 aromatic rings. The van der Waals surface area contributed by atoms with E-state index < -0.39 is 0 Å². The number of hydrogen-bond acceptors (Lipinski definition) is 2. The van der Waals surface area contributed by atoms with Crippen LogP contribution in [0.4, 0.5) is 0 Å². The summed E-state index contributed by atoms with van der Waals surface area (Å²) in [7, 11) is 0. The van der Waals surface area contributed by atoms with Crippen LogP contribution >= 0.6 is 0 Å². The second kappa shape index (κ2) is 2.55. The van der Waals surface area contributed by atoms with Crippen molar-refractivity contribution >= 4 is 23.0 Å². The van der Waals surface area contributed by atoms with Gasteiger partial charge in [-0.2, -0.15) is 5.26 Å². The van der Waals surface area contributed by atoms with Crippen LogP contribution < -0.4 is 0 Å². The van der Waals surface area contributed by atoms with Crippen LogP contribution in [0.2, 0.25) is 0 Å². The van der Waals surface area contributed by atoms with E-state index in [1.165, 1.54) is 0 Å². The molecular formula is C11H6N4. The fourth-order valence-corrected chi connectivity index (χ4v) is 1.90. The van der Waals surface area contributed by atoms with Gasteiger partial charge in [-0.1, -0.05) is 0 Å². The molecule has 2 N–H and O–H groups in total. The number of hydrogen-bond donors (Lipinski definition) is 2. The second-order valence-corrected chi connectivity index (χ2v) is 3.37. The van der Waals surface area contributed by atoms with E-state index in [2.05, 4.69) is 16.0 Å². The molecule has 0 fully saturated rings. The first kappa shape index (κ1) is 7.94. The molecule has 1 aromatic heterocycles. The molecule has 1 aromatic carbocycles. The second-order valence-electron chi connectivity index (χ2n) is 3.37. The molecule has 0 unspecified atom stereocenters. The largest absolute Gasteiger partial charge is 0.361 e. The first-order valence-electron chi connectivity index (χ1n) is 4.48. The topological polar surface area (TPSA) is 75.8 Å². The predicted octanol–water partition coefficient (Wildman–Crippen LogP) is 1.80. The maximum Gasteiger partial charge on any atom is 0.154 e. The minimum Gasteiger partial charge on any atom is -0.361 e. The number of nitrogens with one attached hydrogen (secondary N) is 2. The summed E-state index contributed by atoms with van der Waals surface area (Å²) in [5.74, 6) is 0.252. The molecule has 4 nitrogen and oxygen atoms in total. The van der Waals surface area contributed by atoms with Crippen molar-refractivity contribution < 1.29 is 0 Å². The van der Waals surface area contributed by atoms with E-state index in [4.69, 9.17) is 10.7 Å². The molecule has 0 amide bonds. The smallest absolute Gasteiger partial charge is 0.154 e. The minimum atomic E-state index is 0.252. The van der Waals surface area contributed by atoms with Gasteiger partial charge in [-0.05, 0) is 12.1 Å². The third-order valence-electron chi connectivity index (χ3n) is 2.57. The first-order chi connectivity index (χ1) is 7.31. The number of aliphatic imine (C=N–C) groups is 1. The number of fused-ring (bicyclic) bond motifs is 3. The number of aromatic amines is 1. The summed E-state index contributed by atoms with van der Waals surface area (Å²) in [4.78, 5) is 6.99. The van der Waals surface area contributed by atoms with Crippen molar-refractivity contribution in [3.63, 3.8) is 0 Å². The monoisotopic (exact) mass is 194 g/mol. The van der Waals surface area contributed by atoms with Gasteiger partial charge in [-0.3, -0.25) is 5.41 Å². The lowest BCUT2D eigenvalue weighted by atomic mass is 10.0. The van der Waals surface area contributed by atoms with Crippen molar-refractivity contribution in [3.8, 4) is 6.07 Å². The highest BCUT2D eigenvalue weighted by Crippen LogP contribution is 2.27. The average molecular weight is 194 g/mol. The maximum atomic E-state index is 8.99. The first-order valence-corrected chi connectivity index (χ1v) is 4.48. The lowest BCUT2D eigenvalue weighted by molar-refractivity contribution is 1.42. The molecule has 0 bridgehead atoms. The van der Waals surface area contributed by atoms with Gasteiger partial charge in [-0.15, -0.1) is 0 Å². The summed E-state index contributed by atoms with van der Waals surface area (Å²) >= 11 is 0. The molecule has 4 heteroatoms. The number of benzene rings is 1. The zero-order chi connectivity index (χ0) is 10.4. The van der Waals surface area contributed by atoms with Crippen LogP contribution in [0.5, 0.6) is 0 Å². The van der Waals surface area contributed by atoms with Crippen molar-refractivity contribution in [2.75, 3.05) is 0 Å². The zero-order valence-corrected chi connectivity index (χ0v) is 7.70. The van der Waals surface area contributed by atoms with Crippen LogP contribution in [0.15, 0.2) is 23.3 Å². The van der Waals surface area contributed by atoms with Gasteiger partial charge in [0.15, 0.2) is 5.84 Å². The van der Waals surface area contributed by atoms with Crippen LogP contribution in [-0.4, -0.2) is 17.0 Å². The Hall–Kier alpha value is -2.41. The highest BCUT2D eigenvalue weighted by molar-refractivity contribution is 6.21. The van der Waals surface area contributed by atoms with E-state index in [0.717, 1.165) is 22.0 Å². The van der Waals surface area contributed by atoms with Crippen LogP contribution in [0.25, 0.3) is 10.9 Å². The third-order valence-corrected chi connectivity index (χ3v) is 2.57. The summed E-state index contributed by atoms with van der Waals surface area (Å²) in [6, 6.07) is 5.77. The van der Waals surface area contributed by atoms with E-state index in [-0.39, 0.29) is 5.84 Å². The molecule has 0 radical (unpaired) electrons. The Balaban J connectivity index is 2.54. The molecule has 0 saturated heterocycles. The number of nitriles is 1. The lowest BCUT2D eigenvalue weighted by Gasteiger charge is -2.01. The summed E-state index contributed by atoms with van der Waals surface area (Å²) in [6.45, 7) is 0. The van der Waals surface area contributed by atoms with Crippen LogP contribution in [0.3, 0.4) is 0 Å². The van der Waals surface area contributed by atoms with E-state index >= 15 is 0 Å². The summed E-state index contributed by atoms with van der Waals surface area (Å²) in [6.07, 6.45) is 3.40. The Morgan fingerprint density at radius 1 is 1.47 bits per heavy atom. The minimum absolute atomic E-state index is 0.252. The molecule has 15 heavy (non-hydrogen) atoms. The fourth-order valence-electron chi connectivity index (χ4n) is 1.90. The Bertz CT molecular complexity index is 655. The van der Waals surface area contributed by atoms with E-state index in [1.807, 2.05) is 6.07 Å². The van der Waals surface area contributed by atoms with Gasteiger partial charge in [0.2, 0.25) is 0 Å². The summed E-state index contributed by atoms with van der Waals surface area (Å²) in [5.41, 5.74) is 3.07. The molecule has 1 aliphatic heterocycles. The maximum absolute atomic E-state index is 8.99. The lowest BCUT2D eigenvalue weighted by Crippen LogP contribution is -1.95. The molecule has 0 atom stereocenters. The summed E-state index contributed by atoms with van der Waals surface area (Å²) < 4.78 is 0. The summed E-state index contributed by atoms with van der Waals surface area (Å²) in [5, 5.41) is 17.5. The normalized spacial score (nSPS) is 13.1. The van der Waals surface area contributed by atoms with Crippen molar-refractivity contribution in [2.24, 2.45) is 4.99 Å². The van der Waals surface area contributed by atoms with Crippen molar-refractivity contribution in [3.05, 3.63) is 35.0 Å². The van der Waals surface area contributed by atoms with Gasteiger partial charge in [0.25, 0.3) is 0 Å². The molecule has 2 heterocycles. The highest BCUT2D eigenvalue weighted by atomic mass is 14.9. The van der Waals surface area contributed by atoms with Crippen molar-refractivity contribution in [2.45, 2.75) is 0 Å². The van der Waals surface area contributed by atoms with Gasteiger partial charge in [0.05, 0.1) is 22.7 Å². The molecule has 0 aliphatic carbocycles. The molecule has 3 rings (SSSR count). The van der Waals surface area contributed by atoms with E-state index in [1.54, 1.807) is 18.5 Å². The van der Waals surface area contributed by atoms with Gasteiger partial charge in [-0.25, -0.2) is 4.99 Å². The molecule has 70 valence electrons. The number of amidine groups is 1. The third kappa shape index (κ3) is 0.891. The van der Waals surface area contributed by atoms with Gasteiger partial charge < -0.3 is 4.98 Å². The van der Waals surface area contributed by atoms with Crippen molar-refractivity contribution in [1.82, 2.24) is 4.98 Å². The van der Waals surface area contributed by atoms with Crippen LogP contribution in [0.1, 0.15) is 16.7 Å². The number of H-pyrrole nitrogens is 1. The highest BCUT2D eigenvalue weighted by Gasteiger charge is 2.18. The zero-order valence-electron chi connectivity index (χ0n) is 7.70. The molecule has 0 spiro atoms. The molecular weight excluding hydrogens is 188 g/mol. The standard InChI is InChI=1S/C11H6N4/c12-4-6-3-7-5-15-11(13)9(7)10-8(6)1-2-14-10/h1-3,5,13-14H. The number of rotatable bonds is 0. The Morgan fingerprint density at radius 3 is 3.13 bits per heavy atom.